The monoisotopic (exact) mass is 420 g/mol. The first-order chi connectivity index (χ1) is 14.7. The summed E-state index contributed by atoms with van der Waals surface area (Å²) in [4.78, 5) is 13.0. The third-order valence-electron chi connectivity index (χ3n) is 6.95. The van der Waals surface area contributed by atoms with E-state index in [0.29, 0.717) is 24.3 Å². The number of anilines is 1. The molecule has 0 radical (unpaired) electrons. The second-order valence-corrected chi connectivity index (χ2v) is 10.2. The standard InChI is InChI=1S/C28H40N2O/c1-19(2)22-12-14-23(15-13-22)28(16-7-8-17-28)18-29-27(31)30-26-24(20(3)4)10-9-11-25(26)21(5)6/h9-15,19-21H,7-8,16-18H2,1-6H3,(H2,29,30,31). The van der Waals surface area contributed by atoms with E-state index in [1.54, 1.807) is 0 Å². The smallest absolute Gasteiger partial charge is 0.319 e. The average molecular weight is 421 g/mol. The lowest BCUT2D eigenvalue weighted by atomic mass is 9.78. The predicted molar refractivity (Wildman–Crippen MR) is 132 cm³/mol. The summed E-state index contributed by atoms with van der Waals surface area (Å²) in [7, 11) is 0. The van der Waals surface area contributed by atoms with Crippen LogP contribution in [0.2, 0.25) is 0 Å². The molecule has 2 amide bonds. The van der Waals surface area contributed by atoms with Crippen LogP contribution >= 0.6 is 0 Å². The third kappa shape index (κ3) is 5.31. The summed E-state index contributed by atoms with van der Waals surface area (Å²) >= 11 is 0. The molecule has 168 valence electrons. The number of amides is 2. The zero-order chi connectivity index (χ0) is 22.6. The average Bonchev–Trinajstić information content (AvgIpc) is 3.22. The normalized spacial score (nSPS) is 15.6. The number of nitrogens with one attached hydrogen (secondary N) is 2. The van der Waals surface area contributed by atoms with E-state index in [9.17, 15) is 4.79 Å². The van der Waals surface area contributed by atoms with Crippen LogP contribution in [0.25, 0.3) is 0 Å². The largest absolute Gasteiger partial charge is 0.337 e. The van der Waals surface area contributed by atoms with Gasteiger partial charge in [-0.15, -0.1) is 0 Å². The molecule has 0 saturated heterocycles. The highest BCUT2D eigenvalue weighted by Gasteiger charge is 2.36. The SMILES string of the molecule is CC(C)c1ccc(C2(CNC(=O)Nc3c(C(C)C)cccc3C(C)C)CCCC2)cc1. The molecule has 0 unspecified atom stereocenters. The van der Waals surface area contributed by atoms with E-state index in [4.69, 9.17) is 0 Å². The lowest BCUT2D eigenvalue weighted by Crippen LogP contribution is -2.41. The number of urea groups is 1. The van der Waals surface area contributed by atoms with Crippen LogP contribution in [0.1, 0.15) is 107 Å². The minimum absolute atomic E-state index is 0.0469. The molecule has 0 spiro atoms. The summed E-state index contributed by atoms with van der Waals surface area (Å²) in [5.41, 5.74) is 6.15. The number of hydrogen-bond donors (Lipinski definition) is 2. The Morgan fingerprint density at radius 3 is 1.87 bits per heavy atom. The Morgan fingerprint density at radius 1 is 0.839 bits per heavy atom. The molecule has 1 fully saturated rings. The van der Waals surface area contributed by atoms with Crippen molar-refractivity contribution in [1.29, 1.82) is 0 Å². The molecule has 0 bridgehead atoms. The zero-order valence-electron chi connectivity index (χ0n) is 20.2. The molecule has 0 aliphatic heterocycles. The van der Waals surface area contributed by atoms with Crippen LogP contribution in [-0.2, 0) is 5.41 Å². The summed E-state index contributed by atoms with van der Waals surface area (Å²) in [6.45, 7) is 13.8. The van der Waals surface area contributed by atoms with E-state index in [1.165, 1.54) is 35.1 Å². The quantitative estimate of drug-likeness (QED) is 0.473. The highest BCUT2D eigenvalue weighted by atomic mass is 16.2. The molecule has 2 N–H and O–H groups in total. The van der Waals surface area contributed by atoms with Gasteiger partial charge in [-0.1, -0.05) is 96.8 Å². The summed E-state index contributed by atoms with van der Waals surface area (Å²) < 4.78 is 0. The molecule has 2 aromatic carbocycles. The summed E-state index contributed by atoms with van der Waals surface area (Å²) in [6.07, 6.45) is 4.72. The summed E-state index contributed by atoms with van der Waals surface area (Å²) in [6, 6.07) is 15.3. The third-order valence-corrected chi connectivity index (χ3v) is 6.95. The topological polar surface area (TPSA) is 41.1 Å². The Labute approximate surface area is 189 Å². The van der Waals surface area contributed by atoms with Gasteiger partial charge in [-0.25, -0.2) is 4.79 Å². The van der Waals surface area contributed by atoms with Crippen molar-refractivity contribution in [2.45, 2.75) is 90.4 Å². The second-order valence-electron chi connectivity index (χ2n) is 10.2. The van der Waals surface area contributed by atoms with Gasteiger partial charge in [0.1, 0.15) is 0 Å². The van der Waals surface area contributed by atoms with Crippen LogP contribution in [0.15, 0.2) is 42.5 Å². The van der Waals surface area contributed by atoms with Crippen molar-refractivity contribution >= 4 is 11.7 Å². The summed E-state index contributed by atoms with van der Waals surface area (Å²) in [5, 5.41) is 6.44. The van der Waals surface area contributed by atoms with E-state index in [2.05, 4.69) is 94.6 Å². The minimum Gasteiger partial charge on any atom is -0.337 e. The lowest BCUT2D eigenvalue weighted by molar-refractivity contribution is 0.248. The molecule has 3 nitrogen and oxygen atoms in total. The number of carbonyl (C=O) groups excluding carboxylic acids is 1. The van der Waals surface area contributed by atoms with Crippen LogP contribution in [0, 0.1) is 0 Å². The fourth-order valence-corrected chi connectivity index (χ4v) is 4.94. The molecule has 0 aromatic heterocycles. The van der Waals surface area contributed by atoms with Crippen molar-refractivity contribution in [3.63, 3.8) is 0 Å². The lowest BCUT2D eigenvalue weighted by Gasteiger charge is -2.30. The Hall–Kier alpha value is -2.29. The number of rotatable bonds is 7. The van der Waals surface area contributed by atoms with E-state index in [1.807, 2.05) is 0 Å². The van der Waals surface area contributed by atoms with E-state index >= 15 is 0 Å². The first-order valence-corrected chi connectivity index (χ1v) is 12.0. The first kappa shape index (κ1) is 23.4. The maximum Gasteiger partial charge on any atom is 0.319 e. The van der Waals surface area contributed by atoms with Crippen LogP contribution in [0.4, 0.5) is 10.5 Å². The maximum atomic E-state index is 13.0. The molecule has 1 aliphatic carbocycles. The molecule has 0 atom stereocenters. The van der Waals surface area contributed by atoms with Crippen molar-refractivity contribution in [2.24, 2.45) is 0 Å². The van der Waals surface area contributed by atoms with Gasteiger partial charge in [-0.05, 0) is 52.8 Å². The number of para-hydroxylation sites is 1. The Balaban J connectivity index is 1.76. The molecule has 2 aromatic rings. The van der Waals surface area contributed by atoms with Gasteiger partial charge in [0.15, 0.2) is 0 Å². The van der Waals surface area contributed by atoms with E-state index in [-0.39, 0.29) is 11.4 Å². The summed E-state index contributed by atoms with van der Waals surface area (Å²) in [5.74, 6) is 1.25. The van der Waals surface area contributed by atoms with Crippen molar-refractivity contribution in [3.8, 4) is 0 Å². The van der Waals surface area contributed by atoms with Gasteiger partial charge in [0.25, 0.3) is 0 Å². The molecule has 1 saturated carbocycles. The van der Waals surface area contributed by atoms with Gasteiger partial charge in [0.2, 0.25) is 0 Å². The Morgan fingerprint density at radius 2 is 1.39 bits per heavy atom. The number of benzene rings is 2. The zero-order valence-corrected chi connectivity index (χ0v) is 20.2. The molecule has 3 heteroatoms. The Bertz CT molecular complexity index is 848. The molecular weight excluding hydrogens is 380 g/mol. The maximum absolute atomic E-state index is 13.0. The molecule has 1 aliphatic rings. The Kier molecular flexibility index (Phi) is 7.46. The first-order valence-electron chi connectivity index (χ1n) is 12.0. The van der Waals surface area contributed by atoms with Crippen molar-refractivity contribution in [1.82, 2.24) is 5.32 Å². The van der Waals surface area contributed by atoms with Gasteiger partial charge in [-0.2, -0.15) is 0 Å². The van der Waals surface area contributed by atoms with Crippen LogP contribution < -0.4 is 10.6 Å². The van der Waals surface area contributed by atoms with E-state index < -0.39 is 0 Å². The molecule has 0 heterocycles. The van der Waals surface area contributed by atoms with Gasteiger partial charge < -0.3 is 10.6 Å². The van der Waals surface area contributed by atoms with Gasteiger partial charge in [-0.3, -0.25) is 0 Å². The molecule has 31 heavy (non-hydrogen) atoms. The number of carbonyl (C=O) groups is 1. The fourth-order valence-electron chi connectivity index (χ4n) is 4.94. The van der Waals surface area contributed by atoms with Crippen LogP contribution in [0.3, 0.4) is 0 Å². The van der Waals surface area contributed by atoms with Gasteiger partial charge in [0.05, 0.1) is 0 Å². The highest BCUT2D eigenvalue weighted by molar-refractivity contribution is 5.91. The van der Waals surface area contributed by atoms with Crippen LogP contribution in [0.5, 0.6) is 0 Å². The van der Waals surface area contributed by atoms with Crippen LogP contribution in [-0.4, -0.2) is 12.6 Å². The number of hydrogen-bond acceptors (Lipinski definition) is 1. The predicted octanol–water partition coefficient (Wildman–Crippen LogP) is 7.69. The van der Waals surface area contributed by atoms with E-state index in [0.717, 1.165) is 18.5 Å². The molecule has 3 rings (SSSR count). The van der Waals surface area contributed by atoms with Crippen molar-refractivity contribution in [2.75, 3.05) is 11.9 Å². The van der Waals surface area contributed by atoms with Gasteiger partial charge in [0, 0.05) is 17.6 Å². The minimum atomic E-state index is -0.0972. The fraction of sp³-hybridized carbons (Fsp3) is 0.536. The highest BCUT2D eigenvalue weighted by Crippen LogP contribution is 2.41. The van der Waals surface area contributed by atoms with Crippen molar-refractivity contribution in [3.05, 3.63) is 64.7 Å². The van der Waals surface area contributed by atoms with Crippen molar-refractivity contribution < 1.29 is 4.79 Å². The molecular formula is C28H40N2O. The van der Waals surface area contributed by atoms with Gasteiger partial charge >= 0.3 is 6.03 Å². The second kappa shape index (κ2) is 9.89.